The van der Waals surface area contributed by atoms with Crippen molar-refractivity contribution in [3.05, 3.63) is 92.4 Å². The van der Waals surface area contributed by atoms with Gasteiger partial charge in [-0.3, -0.25) is 13.9 Å². The van der Waals surface area contributed by atoms with Crippen molar-refractivity contribution in [3.63, 3.8) is 0 Å². The van der Waals surface area contributed by atoms with E-state index in [1.165, 1.54) is 17.0 Å². The summed E-state index contributed by atoms with van der Waals surface area (Å²) >= 11 is 18.8. The Hall–Kier alpha value is -2.78. The topological polar surface area (TPSA) is 86.8 Å². The molecule has 1 aliphatic carbocycles. The summed E-state index contributed by atoms with van der Waals surface area (Å²) in [6, 6.07) is 15.4. The number of rotatable bonds is 10. The highest BCUT2D eigenvalue weighted by molar-refractivity contribution is 7.92. The Balaban J connectivity index is 1.73. The van der Waals surface area contributed by atoms with Crippen molar-refractivity contribution < 1.29 is 18.0 Å². The molecule has 0 aliphatic heterocycles. The van der Waals surface area contributed by atoms with E-state index in [-0.39, 0.29) is 29.1 Å². The molecule has 1 atom stereocenters. The lowest BCUT2D eigenvalue weighted by Crippen LogP contribution is -2.52. The van der Waals surface area contributed by atoms with Gasteiger partial charge < -0.3 is 10.2 Å². The molecular formula is C31H34Cl3N3O4S. The molecule has 2 amide bonds. The zero-order chi connectivity index (χ0) is 30.6. The van der Waals surface area contributed by atoms with E-state index in [2.05, 4.69) is 5.32 Å². The number of hydrogen-bond donors (Lipinski definition) is 1. The molecule has 42 heavy (non-hydrogen) atoms. The van der Waals surface area contributed by atoms with Crippen molar-refractivity contribution in [2.24, 2.45) is 0 Å². The van der Waals surface area contributed by atoms with Gasteiger partial charge in [0, 0.05) is 17.6 Å². The van der Waals surface area contributed by atoms with Crippen LogP contribution in [0.4, 0.5) is 5.69 Å². The van der Waals surface area contributed by atoms with Gasteiger partial charge in [0.2, 0.25) is 11.8 Å². The van der Waals surface area contributed by atoms with Crippen LogP contribution < -0.4 is 9.62 Å². The van der Waals surface area contributed by atoms with E-state index in [1.807, 2.05) is 6.92 Å². The quantitative estimate of drug-likeness (QED) is 0.258. The summed E-state index contributed by atoms with van der Waals surface area (Å²) in [6.45, 7) is 4.66. The fourth-order valence-electron chi connectivity index (χ4n) is 5.03. The summed E-state index contributed by atoms with van der Waals surface area (Å²) < 4.78 is 29.1. The summed E-state index contributed by atoms with van der Waals surface area (Å²) in [4.78, 5) is 28.9. The van der Waals surface area contributed by atoms with Crippen LogP contribution in [-0.2, 0) is 26.2 Å². The molecular weight excluding hydrogens is 617 g/mol. The third-order valence-corrected chi connectivity index (χ3v) is 10.5. The van der Waals surface area contributed by atoms with E-state index in [0.29, 0.717) is 26.2 Å². The lowest BCUT2D eigenvalue weighted by molar-refractivity contribution is -0.139. The number of aryl methyl sites for hydroxylation is 1. The standard InChI is InChI=1S/C31H34Cl3N3O4S/c1-20-11-14-25(15-12-20)42(40,41)37(29-10-6-9-26(32)21(29)2)19-30(38)36(18-23-13-16-27(33)28(34)17-23)22(3)31(39)35-24-7-4-5-8-24/h6,9-17,22,24H,4-5,7-8,18-19H2,1-3H3,(H,35,39)/t22-/m0/s1. The normalized spacial score (nSPS) is 14.4. The Morgan fingerprint density at radius 3 is 2.24 bits per heavy atom. The predicted octanol–water partition coefficient (Wildman–Crippen LogP) is 6.94. The van der Waals surface area contributed by atoms with E-state index in [0.717, 1.165) is 35.6 Å². The SMILES string of the molecule is Cc1ccc(S(=O)(=O)N(CC(=O)N(Cc2ccc(Cl)c(Cl)c2)[C@@H](C)C(=O)NC2CCCC2)c2cccc(Cl)c2C)cc1. The van der Waals surface area contributed by atoms with Crippen LogP contribution in [0.2, 0.25) is 15.1 Å². The number of carbonyl (C=O) groups is 2. The summed E-state index contributed by atoms with van der Waals surface area (Å²) in [7, 11) is -4.20. The molecule has 0 saturated heterocycles. The number of carbonyl (C=O) groups excluding carboxylic acids is 2. The highest BCUT2D eigenvalue weighted by Gasteiger charge is 2.34. The van der Waals surface area contributed by atoms with E-state index in [4.69, 9.17) is 34.8 Å². The molecule has 0 spiro atoms. The Bertz CT molecular complexity index is 1560. The second-order valence-electron chi connectivity index (χ2n) is 10.6. The zero-order valence-corrected chi connectivity index (χ0v) is 26.8. The number of benzene rings is 3. The average Bonchev–Trinajstić information content (AvgIpc) is 3.46. The van der Waals surface area contributed by atoms with Gasteiger partial charge >= 0.3 is 0 Å². The van der Waals surface area contributed by atoms with Gasteiger partial charge in [0.15, 0.2) is 0 Å². The van der Waals surface area contributed by atoms with Crippen LogP contribution in [-0.4, -0.2) is 43.8 Å². The maximum Gasteiger partial charge on any atom is 0.264 e. The Kier molecular flexibility index (Phi) is 10.5. The molecule has 11 heteroatoms. The van der Waals surface area contributed by atoms with Crippen molar-refractivity contribution in [1.29, 1.82) is 0 Å². The summed E-state index contributed by atoms with van der Waals surface area (Å²) in [5.74, 6) is -0.868. The van der Waals surface area contributed by atoms with Crippen molar-refractivity contribution in [3.8, 4) is 0 Å². The Morgan fingerprint density at radius 1 is 0.929 bits per heavy atom. The second-order valence-corrected chi connectivity index (χ2v) is 13.7. The van der Waals surface area contributed by atoms with Crippen molar-refractivity contribution in [1.82, 2.24) is 10.2 Å². The zero-order valence-electron chi connectivity index (χ0n) is 23.7. The molecule has 0 aromatic heterocycles. The Labute approximate surface area is 262 Å². The number of sulfonamides is 1. The molecule has 1 aliphatic rings. The fourth-order valence-corrected chi connectivity index (χ4v) is 6.99. The van der Waals surface area contributed by atoms with Gasteiger partial charge in [-0.05, 0) is 81.1 Å². The highest BCUT2D eigenvalue weighted by Crippen LogP contribution is 2.32. The molecule has 224 valence electrons. The average molecular weight is 651 g/mol. The van der Waals surface area contributed by atoms with Crippen LogP contribution in [0, 0.1) is 13.8 Å². The number of halogens is 3. The van der Waals surface area contributed by atoms with E-state index in [1.54, 1.807) is 62.4 Å². The van der Waals surface area contributed by atoms with E-state index in [9.17, 15) is 18.0 Å². The summed E-state index contributed by atoms with van der Waals surface area (Å²) in [5.41, 5.74) is 2.32. The monoisotopic (exact) mass is 649 g/mol. The molecule has 0 bridgehead atoms. The van der Waals surface area contributed by atoms with E-state index < -0.39 is 28.5 Å². The van der Waals surface area contributed by atoms with E-state index >= 15 is 0 Å². The van der Waals surface area contributed by atoms with Crippen molar-refractivity contribution in [2.45, 2.75) is 70.0 Å². The van der Waals surface area contributed by atoms with Crippen LogP contribution in [0.3, 0.4) is 0 Å². The van der Waals surface area contributed by atoms with Crippen LogP contribution >= 0.6 is 34.8 Å². The van der Waals surface area contributed by atoms with Crippen molar-refractivity contribution >= 4 is 62.3 Å². The molecule has 4 rings (SSSR count). The first-order valence-corrected chi connectivity index (χ1v) is 16.3. The van der Waals surface area contributed by atoms with Crippen LogP contribution in [0.25, 0.3) is 0 Å². The lowest BCUT2D eigenvalue weighted by Gasteiger charge is -2.33. The predicted molar refractivity (Wildman–Crippen MR) is 169 cm³/mol. The van der Waals surface area contributed by atoms with Crippen LogP contribution in [0.15, 0.2) is 65.6 Å². The molecule has 1 saturated carbocycles. The molecule has 0 radical (unpaired) electrons. The third kappa shape index (κ3) is 7.40. The molecule has 3 aromatic rings. The molecule has 1 N–H and O–H groups in total. The van der Waals surface area contributed by atoms with Crippen LogP contribution in [0.5, 0.6) is 0 Å². The molecule has 1 fully saturated rings. The first kappa shape index (κ1) is 32.1. The lowest BCUT2D eigenvalue weighted by atomic mass is 10.1. The largest absolute Gasteiger partial charge is 0.352 e. The van der Waals surface area contributed by atoms with Gasteiger partial charge in [-0.25, -0.2) is 8.42 Å². The maximum atomic E-state index is 14.1. The molecule has 0 heterocycles. The van der Waals surface area contributed by atoms with Gasteiger partial charge in [0.25, 0.3) is 10.0 Å². The van der Waals surface area contributed by atoms with Crippen LogP contribution in [0.1, 0.15) is 49.3 Å². The smallest absolute Gasteiger partial charge is 0.264 e. The first-order chi connectivity index (χ1) is 19.9. The summed E-state index contributed by atoms with van der Waals surface area (Å²) in [5, 5.41) is 4.08. The highest BCUT2D eigenvalue weighted by atomic mass is 35.5. The summed E-state index contributed by atoms with van der Waals surface area (Å²) in [6.07, 6.45) is 3.84. The van der Waals surface area contributed by atoms with Gasteiger partial charge in [-0.15, -0.1) is 0 Å². The number of nitrogens with zero attached hydrogens (tertiary/aromatic N) is 2. The minimum Gasteiger partial charge on any atom is -0.352 e. The Morgan fingerprint density at radius 2 is 1.60 bits per heavy atom. The van der Waals surface area contributed by atoms with Gasteiger partial charge in [-0.2, -0.15) is 0 Å². The molecule has 7 nitrogen and oxygen atoms in total. The van der Waals surface area contributed by atoms with Gasteiger partial charge in [0.05, 0.1) is 20.6 Å². The fraction of sp³-hybridized carbons (Fsp3) is 0.355. The third-order valence-electron chi connectivity index (χ3n) is 7.60. The number of nitrogens with one attached hydrogen (secondary N) is 1. The first-order valence-electron chi connectivity index (χ1n) is 13.8. The number of hydrogen-bond acceptors (Lipinski definition) is 4. The molecule has 3 aromatic carbocycles. The van der Waals surface area contributed by atoms with Gasteiger partial charge in [0.1, 0.15) is 12.6 Å². The van der Waals surface area contributed by atoms with Crippen molar-refractivity contribution in [2.75, 3.05) is 10.8 Å². The second kappa shape index (κ2) is 13.7. The molecule has 0 unspecified atom stereocenters. The number of amides is 2. The minimum atomic E-state index is -4.20. The minimum absolute atomic E-state index is 0.0158. The van der Waals surface area contributed by atoms with Gasteiger partial charge in [-0.1, -0.05) is 77.5 Å². The maximum absolute atomic E-state index is 14.1. The number of anilines is 1.